The quantitative estimate of drug-likeness (QED) is 0.544. The van der Waals surface area contributed by atoms with Gasteiger partial charge in [0.05, 0.1) is 0 Å². The van der Waals surface area contributed by atoms with E-state index in [1.807, 2.05) is 19.1 Å². The van der Waals surface area contributed by atoms with Crippen LogP contribution in [0.3, 0.4) is 0 Å². The molecular weight excluding hydrogens is 165 g/mol. The number of hydrogen-bond donors (Lipinski definition) is 3. The van der Waals surface area contributed by atoms with Gasteiger partial charge in [-0.15, -0.1) is 0 Å². The average Bonchev–Trinajstić information content (AvgIpc) is 2.16. The maximum absolute atomic E-state index is 9.06. The third-order valence-corrected chi connectivity index (χ3v) is 2.16. The van der Waals surface area contributed by atoms with Crippen molar-refractivity contribution in [2.75, 3.05) is 6.54 Å². The van der Waals surface area contributed by atoms with Gasteiger partial charge in [-0.2, -0.15) is 0 Å². The Labute approximate surface area is 78.3 Å². The standard InChI is InChI=1S/C9H14BNO2/c1-7(6-11)8-4-2-3-5-9(8)10(12)13/h2-5,7,12-13H,6,11H2,1H3. The van der Waals surface area contributed by atoms with Crippen molar-refractivity contribution in [3.63, 3.8) is 0 Å². The van der Waals surface area contributed by atoms with E-state index in [2.05, 4.69) is 0 Å². The van der Waals surface area contributed by atoms with Crippen LogP contribution in [0.4, 0.5) is 0 Å². The van der Waals surface area contributed by atoms with Crippen LogP contribution in [0.25, 0.3) is 0 Å². The highest BCUT2D eigenvalue weighted by Gasteiger charge is 2.17. The van der Waals surface area contributed by atoms with E-state index in [-0.39, 0.29) is 5.92 Å². The molecule has 0 aliphatic heterocycles. The van der Waals surface area contributed by atoms with E-state index in [0.717, 1.165) is 5.56 Å². The third-order valence-electron chi connectivity index (χ3n) is 2.16. The molecule has 0 bridgehead atoms. The van der Waals surface area contributed by atoms with Crippen LogP contribution in [0.15, 0.2) is 24.3 Å². The zero-order chi connectivity index (χ0) is 9.84. The molecule has 0 amide bonds. The van der Waals surface area contributed by atoms with Crippen molar-refractivity contribution < 1.29 is 10.0 Å². The lowest BCUT2D eigenvalue weighted by Gasteiger charge is -2.13. The summed E-state index contributed by atoms with van der Waals surface area (Å²) in [6.07, 6.45) is 0. The van der Waals surface area contributed by atoms with Crippen molar-refractivity contribution in [3.8, 4) is 0 Å². The minimum atomic E-state index is -1.41. The van der Waals surface area contributed by atoms with Crippen molar-refractivity contribution in [2.45, 2.75) is 12.8 Å². The summed E-state index contributed by atoms with van der Waals surface area (Å²) in [6.45, 7) is 2.46. The normalized spacial score (nSPS) is 12.6. The van der Waals surface area contributed by atoms with Gasteiger partial charge in [0, 0.05) is 0 Å². The summed E-state index contributed by atoms with van der Waals surface area (Å²) in [5, 5.41) is 18.1. The Morgan fingerprint density at radius 2 is 2.00 bits per heavy atom. The van der Waals surface area contributed by atoms with E-state index in [1.165, 1.54) is 0 Å². The highest BCUT2D eigenvalue weighted by molar-refractivity contribution is 6.59. The molecule has 4 heteroatoms. The molecule has 3 nitrogen and oxygen atoms in total. The van der Waals surface area contributed by atoms with E-state index in [0.29, 0.717) is 12.0 Å². The van der Waals surface area contributed by atoms with Crippen LogP contribution < -0.4 is 11.2 Å². The molecule has 1 aromatic carbocycles. The Hall–Kier alpha value is -0.835. The summed E-state index contributed by atoms with van der Waals surface area (Å²) in [4.78, 5) is 0. The number of hydrogen-bond acceptors (Lipinski definition) is 3. The van der Waals surface area contributed by atoms with Crippen molar-refractivity contribution >= 4 is 12.6 Å². The number of nitrogens with two attached hydrogens (primary N) is 1. The first-order valence-corrected chi connectivity index (χ1v) is 4.31. The Morgan fingerprint density at radius 1 is 1.38 bits per heavy atom. The van der Waals surface area contributed by atoms with Gasteiger partial charge in [-0.3, -0.25) is 0 Å². The van der Waals surface area contributed by atoms with Gasteiger partial charge < -0.3 is 15.8 Å². The molecule has 0 aliphatic rings. The molecule has 0 heterocycles. The van der Waals surface area contributed by atoms with Gasteiger partial charge in [0.15, 0.2) is 0 Å². The second-order valence-corrected chi connectivity index (χ2v) is 3.14. The highest BCUT2D eigenvalue weighted by atomic mass is 16.4. The van der Waals surface area contributed by atoms with Gasteiger partial charge in [0.25, 0.3) is 0 Å². The second-order valence-electron chi connectivity index (χ2n) is 3.14. The Morgan fingerprint density at radius 3 is 2.54 bits per heavy atom. The molecular formula is C9H14BNO2. The van der Waals surface area contributed by atoms with Crippen molar-refractivity contribution in [1.82, 2.24) is 0 Å². The van der Waals surface area contributed by atoms with E-state index >= 15 is 0 Å². The minimum absolute atomic E-state index is 0.151. The lowest BCUT2D eigenvalue weighted by atomic mass is 9.74. The third kappa shape index (κ3) is 2.31. The first-order chi connectivity index (χ1) is 6.16. The molecule has 0 saturated carbocycles. The van der Waals surface area contributed by atoms with Crippen LogP contribution in [0.5, 0.6) is 0 Å². The van der Waals surface area contributed by atoms with Crippen LogP contribution >= 0.6 is 0 Å². The summed E-state index contributed by atoms with van der Waals surface area (Å²) >= 11 is 0. The van der Waals surface area contributed by atoms with E-state index < -0.39 is 7.12 Å². The summed E-state index contributed by atoms with van der Waals surface area (Å²) in [5.74, 6) is 0.151. The molecule has 1 aromatic rings. The minimum Gasteiger partial charge on any atom is -0.423 e. The van der Waals surface area contributed by atoms with Crippen LogP contribution in [0.2, 0.25) is 0 Å². The Kier molecular flexibility index (Phi) is 3.48. The number of benzene rings is 1. The van der Waals surface area contributed by atoms with Crippen LogP contribution in [-0.4, -0.2) is 23.7 Å². The fourth-order valence-corrected chi connectivity index (χ4v) is 1.32. The predicted octanol–water partition coefficient (Wildman–Crippen LogP) is -0.571. The molecule has 1 rings (SSSR count). The van der Waals surface area contributed by atoms with Crippen molar-refractivity contribution in [2.24, 2.45) is 5.73 Å². The van der Waals surface area contributed by atoms with E-state index in [1.54, 1.807) is 12.1 Å². The van der Waals surface area contributed by atoms with Crippen LogP contribution in [0.1, 0.15) is 18.4 Å². The Bertz CT molecular complexity index is 278. The Balaban J connectivity index is 3.04. The molecule has 1 unspecified atom stereocenters. The summed E-state index contributed by atoms with van der Waals surface area (Å²) in [7, 11) is -1.41. The zero-order valence-electron chi connectivity index (χ0n) is 7.64. The molecule has 4 N–H and O–H groups in total. The molecule has 0 radical (unpaired) electrons. The number of rotatable bonds is 3. The monoisotopic (exact) mass is 179 g/mol. The van der Waals surface area contributed by atoms with Crippen molar-refractivity contribution in [1.29, 1.82) is 0 Å². The molecule has 0 fully saturated rings. The van der Waals surface area contributed by atoms with Gasteiger partial charge >= 0.3 is 7.12 Å². The molecule has 13 heavy (non-hydrogen) atoms. The van der Waals surface area contributed by atoms with Gasteiger partial charge in [-0.25, -0.2) is 0 Å². The van der Waals surface area contributed by atoms with E-state index in [4.69, 9.17) is 15.8 Å². The largest absolute Gasteiger partial charge is 0.488 e. The van der Waals surface area contributed by atoms with Crippen LogP contribution in [-0.2, 0) is 0 Å². The van der Waals surface area contributed by atoms with Gasteiger partial charge in [-0.05, 0) is 23.5 Å². The summed E-state index contributed by atoms with van der Waals surface area (Å²) < 4.78 is 0. The molecule has 0 spiro atoms. The summed E-state index contributed by atoms with van der Waals surface area (Å²) in [5.41, 5.74) is 6.95. The maximum atomic E-state index is 9.06. The molecule has 0 aromatic heterocycles. The first kappa shape index (κ1) is 10.2. The smallest absolute Gasteiger partial charge is 0.423 e. The van der Waals surface area contributed by atoms with Crippen molar-refractivity contribution in [3.05, 3.63) is 29.8 Å². The SMILES string of the molecule is CC(CN)c1ccccc1B(O)O. The molecule has 0 saturated heterocycles. The zero-order valence-corrected chi connectivity index (χ0v) is 7.64. The van der Waals surface area contributed by atoms with Crippen LogP contribution in [0, 0.1) is 0 Å². The molecule has 70 valence electrons. The van der Waals surface area contributed by atoms with Gasteiger partial charge in [-0.1, -0.05) is 31.2 Å². The molecule has 0 aliphatic carbocycles. The maximum Gasteiger partial charge on any atom is 0.488 e. The summed E-state index contributed by atoms with van der Waals surface area (Å²) in [6, 6.07) is 7.22. The average molecular weight is 179 g/mol. The fourth-order valence-electron chi connectivity index (χ4n) is 1.32. The second kappa shape index (κ2) is 4.41. The highest BCUT2D eigenvalue weighted by Crippen LogP contribution is 2.10. The van der Waals surface area contributed by atoms with Gasteiger partial charge in [0.2, 0.25) is 0 Å². The van der Waals surface area contributed by atoms with E-state index in [9.17, 15) is 0 Å². The topological polar surface area (TPSA) is 66.5 Å². The lowest BCUT2D eigenvalue weighted by molar-refractivity contribution is 0.425. The fraction of sp³-hybridized carbons (Fsp3) is 0.333. The predicted molar refractivity (Wildman–Crippen MR) is 53.7 cm³/mol. The van der Waals surface area contributed by atoms with Gasteiger partial charge in [0.1, 0.15) is 0 Å². The molecule has 1 atom stereocenters. The first-order valence-electron chi connectivity index (χ1n) is 4.31. The lowest BCUT2D eigenvalue weighted by Crippen LogP contribution is -2.34.